The first kappa shape index (κ1) is 39.2. The monoisotopic (exact) mass is 838 g/mol. The van der Waals surface area contributed by atoms with Crippen molar-refractivity contribution in [1.82, 2.24) is 9.55 Å². The highest BCUT2D eigenvalue weighted by atomic mass is 35.5. The first-order chi connectivity index (χ1) is 28.9. The molecule has 0 spiro atoms. The smallest absolute Gasteiger partial charge is 0.206 e. The van der Waals surface area contributed by atoms with Gasteiger partial charge in [0, 0.05) is 0 Å². The highest BCUT2D eigenvalue weighted by Gasteiger charge is 2.54. The lowest BCUT2D eigenvalue weighted by Crippen LogP contribution is -2.45. The summed E-state index contributed by atoms with van der Waals surface area (Å²) in [6.45, 7) is -0.0917. The zero-order valence-electron chi connectivity index (χ0n) is 31.6. The molecular weight excluding hydrogens is 802 g/mol. The number of nitrogens with zero attached hydrogens (tertiary/aromatic N) is 2. The van der Waals surface area contributed by atoms with Crippen molar-refractivity contribution >= 4 is 45.8 Å². The molecule has 0 unspecified atom stereocenters. The fourth-order valence-electron chi connectivity index (χ4n) is 8.38. The molecule has 8 aromatic rings. The van der Waals surface area contributed by atoms with Crippen molar-refractivity contribution in [3.63, 3.8) is 0 Å². The van der Waals surface area contributed by atoms with Crippen molar-refractivity contribution in [2.45, 2.75) is 35.8 Å². The van der Waals surface area contributed by atoms with E-state index < -0.39 is 35.8 Å². The molecule has 59 heavy (non-hydrogen) atoms. The molecule has 1 aromatic heterocycles. The van der Waals surface area contributed by atoms with Crippen LogP contribution in [0.25, 0.3) is 11.0 Å². The van der Waals surface area contributed by atoms with Crippen molar-refractivity contribution in [2.24, 2.45) is 0 Å². The molecule has 1 aliphatic rings. The van der Waals surface area contributed by atoms with E-state index in [1.54, 1.807) is 12.1 Å². The molecule has 1 fully saturated rings. The van der Waals surface area contributed by atoms with E-state index in [-0.39, 0.29) is 16.9 Å². The molecule has 4 atom stereocenters. The molecule has 2 heterocycles. The van der Waals surface area contributed by atoms with E-state index in [0.29, 0.717) is 16.1 Å². The SMILES string of the molecule is F[C@@H]1[C@H](OC(c2ccccc2)(c2ccccc2)c2ccccc2)[C@@H](COC(c2ccccc2)(c2ccccc2)c2ccccc2)O[C@H]1n1c(Cl)nc2cc(Cl)c(Cl)cc21. The van der Waals surface area contributed by atoms with Crippen LogP contribution in [-0.2, 0) is 25.4 Å². The summed E-state index contributed by atoms with van der Waals surface area (Å²) in [6.07, 6.45) is -5.29. The number of alkyl halides is 1. The number of imidazole rings is 1. The topological polar surface area (TPSA) is 45.5 Å². The quantitative estimate of drug-likeness (QED) is 0.115. The number of halogens is 4. The van der Waals surface area contributed by atoms with E-state index in [0.717, 1.165) is 33.4 Å². The second-order valence-corrected chi connectivity index (χ2v) is 15.6. The Morgan fingerprint density at radius 1 is 0.542 bits per heavy atom. The minimum Gasteiger partial charge on any atom is -0.358 e. The summed E-state index contributed by atoms with van der Waals surface area (Å²) in [5, 5.41) is 0.584. The lowest BCUT2D eigenvalue weighted by molar-refractivity contribution is -0.128. The first-order valence-corrected chi connectivity index (χ1v) is 20.5. The Labute approximate surface area is 357 Å². The predicted octanol–water partition coefficient (Wildman–Crippen LogP) is 12.6. The molecule has 9 rings (SSSR count). The Hall–Kier alpha value is -5.31. The number of fused-ring (bicyclic) bond motifs is 1. The molecule has 0 aliphatic carbocycles. The second kappa shape index (κ2) is 16.7. The molecule has 0 saturated carbocycles. The van der Waals surface area contributed by atoms with Gasteiger partial charge in [0.1, 0.15) is 23.4 Å². The zero-order chi connectivity index (χ0) is 40.4. The predicted molar refractivity (Wildman–Crippen MR) is 233 cm³/mol. The summed E-state index contributed by atoms with van der Waals surface area (Å²) >= 11 is 19.8. The summed E-state index contributed by atoms with van der Waals surface area (Å²) in [5.41, 5.74) is 3.61. The summed E-state index contributed by atoms with van der Waals surface area (Å²) < 4.78 is 41.4. The third-order valence-corrected chi connectivity index (χ3v) is 12.1. The van der Waals surface area contributed by atoms with E-state index >= 15 is 4.39 Å². The van der Waals surface area contributed by atoms with Crippen molar-refractivity contribution < 1.29 is 18.6 Å². The van der Waals surface area contributed by atoms with Crippen LogP contribution in [0.4, 0.5) is 4.39 Å². The van der Waals surface area contributed by atoms with Crippen LogP contribution in [-0.4, -0.2) is 34.5 Å². The largest absolute Gasteiger partial charge is 0.358 e. The summed E-state index contributed by atoms with van der Waals surface area (Å²) in [7, 11) is 0. The van der Waals surface area contributed by atoms with Gasteiger partial charge in [-0.05, 0) is 57.1 Å². The average Bonchev–Trinajstić information content (AvgIpc) is 3.77. The van der Waals surface area contributed by atoms with Gasteiger partial charge >= 0.3 is 0 Å². The maximum Gasteiger partial charge on any atom is 0.206 e. The van der Waals surface area contributed by atoms with Crippen LogP contribution < -0.4 is 0 Å². The van der Waals surface area contributed by atoms with E-state index in [1.807, 2.05) is 182 Å². The molecule has 0 radical (unpaired) electrons. The molecule has 1 saturated heterocycles. The number of hydrogen-bond acceptors (Lipinski definition) is 4. The summed E-state index contributed by atoms with van der Waals surface area (Å²) in [5.74, 6) is 0. The van der Waals surface area contributed by atoms with Crippen molar-refractivity contribution in [2.75, 3.05) is 6.61 Å². The summed E-state index contributed by atoms with van der Waals surface area (Å²) in [6, 6.07) is 63.0. The van der Waals surface area contributed by atoms with Crippen molar-refractivity contribution in [1.29, 1.82) is 0 Å². The molecule has 0 amide bonds. The van der Waals surface area contributed by atoms with Crippen LogP contribution in [0.1, 0.15) is 39.6 Å². The van der Waals surface area contributed by atoms with E-state index in [2.05, 4.69) is 4.98 Å². The van der Waals surface area contributed by atoms with Crippen molar-refractivity contribution in [3.05, 3.63) is 243 Å². The highest BCUT2D eigenvalue weighted by Crippen LogP contribution is 2.48. The average molecular weight is 840 g/mol. The molecular formula is C50H38Cl3FN2O3. The Kier molecular flexibility index (Phi) is 11.1. The highest BCUT2D eigenvalue weighted by molar-refractivity contribution is 6.42. The standard InChI is InChI=1S/C50H38Cl3FN2O3/c51-40-31-42-43(32-41(40)52)56(48(53)55-42)47-45(54)46(59-50(37-25-13-4-14-26-37,38-27-15-5-16-28-38)39-29-17-6-18-30-39)44(58-47)33-57-49(34-19-7-1-8-20-34,35-21-9-2-10-22-35)36-23-11-3-12-24-36/h1-32,44-47H,33H2/t44-,45-,46-,47-/m1/s1. The number of rotatable bonds is 12. The van der Waals surface area contributed by atoms with Crippen LogP contribution >= 0.6 is 34.8 Å². The van der Waals surface area contributed by atoms with Gasteiger partial charge in [-0.3, -0.25) is 4.57 Å². The van der Waals surface area contributed by atoms with Gasteiger partial charge in [0.05, 0.1) is 27.7 Å². The van der Waals surface area contributed by atoms with Gasteiger partial charge in [-0.15, -0.1) is 0 Å². The molecule has 1 aliphatic heterocycles. The number of benzene rings is 7. The van der Waals surface area contributed by atoms with E-state index in [9.17, 15) is 0 Å². The third kappa shape index (κ3) is 7.14. The molecule has 0 bridgehead atoms. The minimum atomic E-state index is -1.79. The number of aromatic nitrogens is 2. The van der Waals surface area contributed by atoms with Crippen molar-refractivity contribution in [3.8, 4) is 0 Å². The van der Waals surface area contributed by atoms with Gasteiger partial charge in [-0.25, -0.2) is 9.37 Å². The van der Waals surface area contributed by atoms with Crippen LogP contribution in [0.5, 0.6) is 0 Å². The van der Waals surface area contributed by atoms with E-state index in [1.165, 1.54) is 4.57 Å². The molecule has 7 aromatic carbocycles. The molecule has 294 valence electrons. The molecule has 9 heteroatoms. The van der Waals surface area contributed by atoms with Crippen LogP contribution in [0.15, 0.2) is 194 Å². The van der Waals surface area contributed by atoms with Crippen LogP contribution in [0.2, 0.25) is 15.3 Å². The Morgan fingerprint density at radius 2 is 0.915 bits per heavy atom. The maximum absolute atomic E-state index is 18.1. The van der Waals surface area contributed by atoms with Gasteiger partial charge in [0.2, 0.25) is 5.28 Å². The van der Waals surface area contributed by atoms with Gasteiger partial charge < -0.3 is 14.2 Å². The Balaban J connectivity index is 1.23. The maximum atomic E-state index is 18.1. The number of hydrogen-bond donors (Lipinski definition) is 0. The minimum absolute atomic E-state index is 0.0129. The normalized spacial score (nSPS) is 18.3. The third-order valence-electron chi connectivity index (χ3n) is 11.1. The van der Waals surface area contributed by atoms with E-state index in [4.69, 9.17) is 49.0 Å². The molecule has 0 N–H and O–H groups in total. The zero-order valence-corrected chi connectivity index (χ0v) is 33.9. The Morgan fingerprint density at radius 3 is 1.32 bits per heavy atom. The summed E-state index contributed by atoms with van der Waals surface area (Å²) in [4.78, 5) is 4.53. The number of ether oxygens (including phenoxy) is 3. The second-order valence-electron chi connectivity index (χ2n) is 14.5. The fraction of sp³-hybridized carbons (Fsp3) is 0.140. The van der Waals surface area contributed by atoms with Crippen LogP contribution in [0, 0.1) is 0 Å². The van der Waals surface area contributed by atoms with Gasteiger partial charge in [0.25, 0.3) is 0 Å². The lowest BCUT2D eigenvalue weighted by atomic mass is 9.79. The van der Waals surface area contributed by atoms with Crippen LogP contribution in [0.3, 0.4) is 0 Å². The van der Waals surface area contributed by atoms with Gasteiger partial charge in [-0.2, -0.15) is 0 Å². The van der Waals surface area contributed by atoms with Gasteiger partial charge in [0.15, 0.2) is 12.4 Å². The van der Waals surface area contributed by atoms with Gasteiger partial charge in [-0.1, -0.05) is 205 Å². The first-order valence-electron chi connectivity index (χ1n) is 19.4. The lowest BCUT2D eigenvalue weighted by Gasteiger charge is -2.40. The fourth-order valence-corrected chi connectivity index (χ4v) is 8.98. The Bertz CT molecular complexity index is 2440. The molecule has 5 nitrogen and oxygen atoms in total.